The van der Waals surface area contributed by atoms with Gasteiger partial charge in [0.1, 0.15) is 5.54 Å². The number of hydrogen-bond acceptors (Lipinski definition) is 3. The molecule has 11 heteroatoms. The molecule has 194 valence electrons. The number of thiocarbonyl (C=S) groups is 1. The molecule has 0 spiro atoms. The zero-order valence-electron chi connectivity index (χ0n) is 19.7. The first-order valence-corrected chi connectivity index (χ1v) is 14.0. The Balaban J connectivity index is 0.00000137. The highest BCUT2D eigenvalue weighted by atomic mass is 79.9. The van der Waals surface area contributed by atoms with Crippen molar-refractivity contribution in [1.29, 1.82) is 5.26 Å². The number of amides is 1. The summed E-state index contributed by atoms with van der Waals surface area (Å²) in [6, 6.07) is 4.96. The van der Waals surface area contributed by atoms with E-state index >= 15 is 0 Å². The van der Waals surface area contributed by atoms with Crippen molar-refractivity contribution in [3.05, 3.63) is 29.3 Å². The molecule has 1 aliphatic heterocycles. The SMILES string of the molecule is CC1(C)C(=O)N(c2ccc(C#N)c(C(F)(F)F)c2)C(=S)N1C1CCC(CCCCBr)CC1.ClCCl. The maximum absolute atomic E-state index is 13.5. The summed E-state index contributed by atoms with van der Waals surface area (Å²) in [4.78, 5) is 16.4. The Labute approximate surface area is 228 Å². The van der Waals surface area contributed by atoms with Crippen LogP contribution in [0.25, 0.3) is 0 Å². The van der Waals surface area contributed by atoms with Crippen LogP contribution in [0.1, 0.15) is 69.9 Å². The zero-order chi connectivity index (χ0) is 26.4. The predicted octanol–water partition coefficient (Wildman–Crippen LogP) is 7.83. The quantitative estimate of drug-likeness (QED) is 0.186. The molecule has 1 saturated carbocycles. The van der Waals surface area contributed by atoms with E-state index in [1.165, 1.54) is 23.8 Å². The highest BCUT2D eigenvalue weighted by Gasteiger charge is 2.52. The number of benzene rings is 1. The molecule has 0 bridgehead atoms. The molecule has 1 aromatic rings. The number of unbranched alkanes of at least 4 members (excludes halogenated alkanes) is 1. The van der Waals surface area contributed by atoms with E-state index in [1.807, 2.05) is 4.90 Å². The Morgan fingerprint density at radius 2 is 1.80 bits per heavy atom. The third-order valence-corrected chi connectivity index (χ3v) is 7.53. The van der Waals surface area contributed by atoms with Crippen LogP contribution in [0.4, 0.5) is 18.9 Å². The van der Waals surface area contributed by atoms with Gasteiger partial charge in [-0.1, -0.05) is 28.8 Å². The van der Waals surface area contributed by atoms with Crippen molar-refractivity contribution >= 4 is 68.1 Å². The summed E-state index contributed by atoms with van der Waals surface area (Å²) in [7, 11) is 0. The summed E-state index contributed by atoms with van der Waals surface area (Å²) in [6.45, 7) is 3.55. The minimum absolute atomic E-state index is 0.0466. The van der Waals surface area contributed by atoms with Gasteiger partial charge in [0.15, 0.2) is 5.11 Å². The van der Waals surface area contributed by atoms with E-state index in [2.05, 4.69) is 15.9 Å². The fraction of sp³-hybridized carbons (Fsp3) is 0.625. The van der Waals surface area contributed by atoms with Crippen LogP contribution in [0, 0.1) is 17.2 Å². The first kappa shape index (κ1) is 30.1. The first-order valence-electron chi connectivity index (χ1n) is 11.4. The smallest absolute Gasteiger partial charge is 0.331 e. The van der Waals surface area contributed by atoms with Gasteiger partial charge in [-0.15, -0.1) is 23.2 Å². The van der Waals surface area contributed by atoms with E-state index in [4.69, 9.17) is 40.7 Å². The summed E-state index contributed by atoms with van der Waals surface area (Å²) >= 11 is 18.6. The second kappa shape index (κ2) is 12.9. The van der Waals surface area contributed by atoms with E-state index in [0.29, 0.717) is 5.92 Å². The second-order valence-corrected chi connectivity index (χ2v) is 11.1. The standard InChI is InChI=1S/C23H27BrF3N3OS.CH2Cl2/c1-22(2)20(31)29(18-11-8-16(14-28)19(13-18)23(25,26)27)21(32)30(22)17-9-6-15(7-10-17)5-3-4-12-24;2-1-3/h8,11,13,15,17H,3-7,9-10,12H2,1-2H3;1H2. The molecule has 2 fully saturated rings. The molecular formula is C24H29BrCl2F3N3OS. The predicted molar refractivity (Wildman–Crippen MR) is 142 cm³/mol. The van der Waals surface area contributed by atoms with Crippen molar-refractivity contribution in [3.8, 4) is 6.07 Å². The molecule has 0 aromatic heterocycles. The lowest BCUT2D eigenvalue weighted by atomic mass is 9.81. The Bertz CT molecular complexity index is 947. The van der Waals surface area contributed by atoms with Gasteiger partial charge in [0, 0.05) is 11.4 Å². The zero-order valence-corrected chi connectivity index (χ0v) is 23.6. The van der Waals surface area contributed by atoms with Gasteiger partial charge < -0.3 is 4.90 Å². The molecule has 1 amide bonds. The number of nitriles is 1. The van der Waals surface area contributed by atoms with Crippen molar-refractivity contribution < 1.29 is 18.0 Å². The van der Waals surface area contributed by atoms with Crippen LogP contribution < -0.4 is 4.90 Å². The summed E-state index contributed by atoms with van der Waals surface area (Å²) in [5, 5.41) is 10.5. The molecule has 0 unspecified atom stereocenters. The highest BCUT2D eigenvalue weighted by molar-refractivity contribution is 9.09. The molecule has 1 aliphatic carbocycles. The lowest BCUT2D eigenvalue weighted by Crippen LogP contribution is -2.51. The maximum Gasteiger partial charge on any atom is 0.417 e. The lowest BCUT2D eigenvalue weighted by molar-refractivity contribution is -0.137. The van der Waals surface area contributed by atoms with Crippen LogP contribution in [0.15, 0.2) is 18.2 Å². The van der Waals surface area contributed by atoms with Gasteiger partial charge in [-0.2, -0.15) is 18.4 Å². The molecule has 0 radical (unpaired) electrons. The number of nitrogens with zero attached hydrogens (tertiary/aromatic N) is 3. The summed E-state index contributed by atoms with van der Waals surface area (Å²) in [5.41, 5.74) is -2.44. The van der Waals surface area contributed by atoms with Crippen LogP contribution in [-0.2, 0) is 11.0 Å². The average Bonchev–Trinajstić information content (AvgIpc) is 2.98. The summed E-state index contributed by atoms with van der Waals surface area (Å²) < 4.78 is 40.4. The molecule has 1 saturated heterocycles. The molecule has 1 heterocycles. The van der Waals surface area contributed by atoms with Gasteiger partial charge in [0.2, 0.25) is 0 Å². The number of anilines is 1. The fourth-order valence-electron chi connectivity index (χ4n) is 4.87. The van der Waals surface area contributed by atoms with Crippen LogP contribution in [0.5, 0.6) is 0 Å². The van der Waals surface area contributed by atoms with Crippen molar-refractivity contribution in [2.24, 2.45) is 5.92 Å². The lowest BCUT2D eigenvalue weighted by Gasteiger charge is -2.41. The number of alkyl halides is 6. The van der Waals surface area contributed by atoms with Crippen LogP contribution in [0.3, 0.4) is 0 Å². The number of halogens is 6. The van der Waals surface area contributed by atoms with Gasteiger partial charge in [-0.05, 0) is 82.3 Å². The third-order valence-electron chi connectivity index (χ3n) is 6.59. The summed E-state index contributed by atoms with van der Waals surface area (Å²) in [5.74, 6) is 0.323. The van der Waals surface area contributed by atoms with Crippen LogP contribution in [-0.4, -0.2) is 38.2 Å². The van der Waals surface area contributed by atoms with Gasteiger partial charge >= 0.3 is 6.18 Å². The molecule has 0 atom stereocenters. The molecule has 2 aliphatic rings. The molecule has 0 N–H and O–H groups in total. The number of hydrogen-bond donors (Lipinski definition) is 0. The van der Waals surface area contributed by atoms with Gasteiger partial charge in [0.05, 0.1) is 28.2 Å². The van der Waals surface area contributed by atoms with Crippen molar-refractivity contribution in [1.82, 2.24) is 4.90 Å². The first-order chi connectivity index (χ1) is 16.4. The van der Waals surface area contributed by atoms with Crippen molar-refractivity contribution in [2.45, 2.75) is 76.6 Å². The fourth-order valence-corrected chi connectivity index (χ4v) is 5.84. The van der Waals surface area contributed by atoms with E-state index in [1.54, 1.807) is 19.9 Å². The number of carbonyl (C=O) groups excluding carboxylic acids is 1. The molecule has 35 heavy (non-hydrogen) atoms. The number of rotatable bonds is 6. The van der Waals surface area contributed by atoms with Crippen molar-refractivity contribution in [2.75, 3.05) is 15.6 Å². The van der Waals surface area contributed by atoms with E-state index in [9.17, 15) is 18.0 Å². The minimum Gasteiger partial charge on any atom is -0.331 e. The normalized spacial score (nSPS) is 22.0. The third kappa shape index (κ3) is 7.03. The van der Waals surface area contributed by atoms with Crippen LogP contribution in [0.2, 0.25) is 0 Å². The number of carbonyl (C=O) groups is 1. The second-order valence-electron chi connectivity index (χ2n) is 9.15. The molecular weight excluding hydrogens is 586 g/mol. The highest BCUT2D eigenvalue weighted by Crippen LogP contribution is 2.41. The Morgan fingerprint density at radius 3 is 2.31 bits per heavy atom. The molecule has 1 aromatic carbocycles. The topological polar surface area (TPSA) is 47.3 Å². The van der Waals surface area contributed by atoms with Crippen LogP contribution >= 0.6 is 51.3 Å². The molecule has 4 nitrogen and oxygen atoms in total. The van der Waals surface area contributed by atoms with Gasteiger partial charge in [0.25, 0.3) is 5.91 Å². The van der Waals surface area contributed by atoms with Crippen molar-refractivity contribution in [3.63, 3.8) is 0 Å². The maximum atomic E-state index is 13.5. The van der Waals surface area contributed by atoms with E-state index < -0.39 is 22.8 Å². The molecule has 3 rings (SSSR count). The monoisotopic (exact) mass is 613 g/mol. The van der Waals surface area contributed by atoms with Gasteiger partial charge in [-0.25, -0.2) is 0 Å². The summed E-state index contributed by atoms with van der Waals surface area (Å²) in [6.07, 6.45) is 2.79. The largest absolute Gasteiger partial charge is 0.417 e. The van der Waals surface area contributed by atoms with E-state index in [0.717, 1.165) is 49.6 Å². The average molecular weight is 615 g/mol. The van der Waals surface area contributed by atoms with E-state index in [-0.39, 0.29) is 28.1 Å². The Morgan fingerprint density at radius 1 is 1.20 bits per heavy atom. The Hall–Kier alpha value is -1.08. The minimum atomic E-state index is -4.70. The Kier molecular flexibility index (Phi) is 11.1. The van der Waals surface area contributed by atoms with Gasteiger partial charge in [-0.3, -0.25) is 9.69 Å².